The molecule has 4 heteroatoms. The third-order valence-electron chi connectivity index (χ3n) is 3.02. The predicted octanol–water partition coefficient (Wildman–Crippen LogP) is 4.62. The average Bonchev–Trinajstić information content (AvgIpc) is 2.42. The molecular weight excluding hydrogens is 274 g/mol. The number of hydrogen-bond donors (Lipinski definition) is 2. The minimum atomic E-state index is -0.0612. The number of aromatic hydroxyl groups is 1. The van der Waals surface area contributed by atoms with Crippen molar-refractivity contribution in [3.05, 3.63) is 53.1 Å². The van der Waals surface area contributed by atoms with Crippen LogP contribution >= 0.6 is 11.6 Å². The van der Waals surface area contributed by atoms with Crippen molar-refractivity contribution in [3.8, 4) is 11.5 Å². The summed E-state index contributed by atoms with van der Waals surface area (Å²) < 4.78 is 5.58. The SMILES string of the molecule is CCOc1ccc(Cl)cc1NC(C)c1ccccc1O. The van der Waals surface area contributed by atoms with Gasteiger partial charge in [-0.3, -0.25) is 0 Å². The van der Waals surface area contributed by atoms with Gasteiger partial charge in [0.1, 0.15) is 11.5 Å². The summed E-state index contributed by atoms with van der Waals surface area (Å²) in [7, 11) is 0. The molecule has 0 aliphatic carbocycles. The molecule has 0 radical (unpaired) electrons. The van der Waals surface area contributed by atoms with E-state index in [0.29, 0.717) is 11.6 Å². The molecule has 1 atom stereocenters. The van der Waals surface area contributed by atoms with Gasteiger partial charge >= 0.3 is 0 Å². The summed E-state index contributed by atoms with van der Waals surface area (Å²) >= 11 is 6.03. The van der Waals surface area contributed by atoms with Crippen LogP contribution in [-0.2, 0) is 0 Å². The maximum Gasteiger partial charge on any atom is 0.142 e. The highest BCUT2D eigenvalue weighted by Crippen LogP contribution is 2.33. The molecule has 106 valence electrons. The normalized spacial score (nSPS) is 11.9. The van der Waals surface area contributed by atoms with Crippen LogP contribution in [0.1, 0.15) is 25.5 Å². The van der Waals surface area contributed by atoms with Crippen molar-refractivity contribution in [3.63, 3.8) is 0 Å². The van der Waals surface area contributed by atoms with Crippen LogP contribution in [-0.4, -0.2) is 11.7 Å². The van der Waals surface area contributed by atoms with E-state index < -0.39 is 0 Å². The molecule has 0 aromatic heterocycles. The van der Waals surface area contributed by atoms with Gasteiger partial charge in [-0.05, 0) is 38.1 Å². The van der Waals surface area contributed by atoms with Crippen molar-refractivity contribution in [2.75, 3.05) is 11.9 Å². The van der Waals surface area contributed by atoms with Crippen molar-refractivity contribution in [1.82, 2.24) is 0 Å². The number of phenolic OH excluding ortho intramolecular Hbond substituents is 1. The first-order valence-electron chi connectivity index (χ1n) is 6.58. The zero-order valence-corrected chi connectivity index (χ0v) is 12.3. The number of para-hydroxylation sites is 1. The first-order chi connectivity index (χ1) is 9.61. The van der Waals surface area contributed by atoms with E-state index in [4.69, 9.17) is 16.3 Å². The van der Waals surface area contributed by atoms with Crippen LogP contribution in [0.3, 0.4) is 0 Å². The smallest absolute Gasteiger partial charge is 0.142 e. The molecule has 0 fully saturated rings. The number of ether oxygens (including phenoxy) is 1. The van der Waals surface area contributed by atoms with Crippen molar-refractivity contribution in [2.45, 2.75) is 19.9 Å². The number of anilines is 1. The molecule has 0 saturated carbocycles. The lowest BCUT2D eigenvalue weighted by Crippen LogP contribution is -2.08. The Bertz CT molecular complexity index is 586. The van der Waals surface area contributed by atoms with E-state index in [9.17, 15) is 5.11 Å². The molecule has 0 heterocycles. The van der Waals surface area contributed by atoms with Crippen molar-refractivity contribution < 1.29 is 9.84 Å². The second kappa shape index (κ2) is 6.53. The third-order valence-corrected chi connectivity index (χ3v) is 3.25. The fourth-order valence-electron chi connectivity index (χ4n) is 2.06. The zero-order chi connectivity index (χ0) is 14.5. The second-order valence-corrected chi connectivity index (χ2v) is 4.93. The molecule has 0 saturated heterocycles. The first kappa shape index (κ1) is 14.5. The van der Waals surface area contributed by atoms with Gasteiger partial charge in [0.25, 0.3) is 0 Å². The van der Waals surface area contributed by atoms with Crippen molar-refractivity contribution in [2.24, 2.45) is 0 Å². The molecule has 2 N–H and O–H groups in total. The van der Waals surface area contributed by atoms with Gasteiger partial charge in [-0.25, -0.2) is 0 Å². The molecule has 0 bridgehead atoms. The molecule has 2 aromatic carbocycles. The van der Waals surface area contributed by atoms with Gasteiger partial charge in [-0.1, -0.05) is 29.8 Å². The van der Waals surface area contributed by atoms with Gasteiger partial charge in [0.2, 0.25) is 0 Å². The number of nitrogens with one attached hydrogen (secondary N) is 1. The predicted molar refractivity (Wildman–Crippen MR) is 82.8 cm³/mol. The number of phenols is 1. The summed E-state index contributed by atoms with van der Waals surface area (Å²) in [6.07, 6.45) is 0. The second-order valence-electron chi connectivity index (χ2n) is 4.50. The Morgan fingerprint density at radius 3 is 2.70 bits per heavy atom. The Morgan fingerprint density at radius 1 is 1.25 bits per heavy atom. The van der Waals surface area contributed by atoms with E-state index in [-0.39, 0.29) is 11.8 Å². The molecule has 20 heavy (non-hydrogen) atoms. The third kappa shape index (κ3) is 3.36. The topological polar surface area (TPSA) is 41.5 Å². The summed E-state index contributed by atoms with van der Waals surface area (Å²) in [6.45, 7) is 4.50. The maximum absolute atomic E-state index is 9.89. The van der Waals surface area contributed by atoms with Gasteiger partial charge in [0.05, 0.1) is 18.3 Å². The highest BCUT2D eigenvalue weighted by atomic mass is 35.5. The van der Waals surface area contributed by atoms with Crippen LogP contribution in [0.5, 0.6) is 11.5 Å². The molecular formula is C16H18ClNO2. The van der Waals surface area contributed by atoms with Gasteiger partial charge in [-0.15, -0.1) is 0 Å². The Morgan fingerprint density at radius 2 is 2.00 bits per heavy atom. The Kier molecular flexibility index (Phi) is 4.74. The van der Waals surface area contributed by atoms with Crippen LogP contribution in [0.25, 0.3) is 0 Å². The molecule has 0 aliphatic rings. The van der Waals surface area contributed by atoms with E-state index in [0.717, 1.165) is 17.0 Å². The van der Waals surface area contributed by atoms with Crippen LogP contribution in [0.15, 0.2) is 42.5 Å². The van der Waals surface area contributed by atoms with E-state index in [1.54, 1.807) is 18.2 Å². The monoisotopic (exact) mass is 291 g/mol. The summed E-state index contributed by atoms with van der Waals surface area (Å²) in [4.78, 5) is 0. The first-order valence-corrected chi connectivity index (χ1v) is 6.96. The zero-order valence-electron chi connectivity index (χ0n) is 11.6. The lowest BCUT2D eigenvalue weighted by atomic mass is 10.1. The van der Waals surface area contributed by atoms with Gasteiger partial charge in [-0.2, -0.15) is 0 Å². The van der Waals surface area contributed by atoms with Gasteiger partial charge in [0, 0.05) is 10.6 Å². The molecule has 2 rings (SSSR count). The fraction of sp³-hybridized carbons (Fsp3) is 0.250. The van der Waals surface area contributed by atoms with Crippen molar-refractivity contribution in [1.29, 1.82) is 0 Å². The Hall–Kier alpha value is -1.87. The Balaban J connectivity index is 2.25. The molecule has 0 spiro atoms. The number of benzene rings is 2. The largest absolute Gasteiger partial charge is 0.508 e. The summed E-state index contributed by atoms with van der Waals surface area (Å²) in [6, 6.07) is 12.7. The van der Waals surface area contributed by atoms with E-state index in [1.807, 2.05) is 38.1 Å². The number of hydrogen-bond acceptors (Lipinski definition) is 3. The number of rotatable bonds is 5. The van der Waals surface area contributed by atoms with E-state index >= 15 is 0 Å². The van der Waals surface area contributed by atoms with Crippen LogP contribution in [0, 0.1) is 0 Å². The molecule has 2 aromatic rings. The van der Waals surface area contributed by atoms with Crippen LogP contribution < -0.4 is 10.1 Å². The quantitative estimate of drug-likeness (QED) is 0.845. The molecule has 3 nitrogen and oxygen atoms in total. The fourth-order valence-corrected chi connectivity index (χ4v) is 2.23. The highest BCUT2D eigenvalue weighted by Gasteiger charge is 2.12. The van der Waals surface area contributed by atoms with Crippen LogP contribution in [0.4, 0.5) is 5.69 Å². The number of halogens is 1. The van der Waals surface area contributed by atoms with E-state index in [1.165, 1.54) is 0 Å². The van der Waals surface area contributed by atoms with Crippen LogP contribution in [0.2, 0.25) is 5.02 Å². The minimum Gasteiger partial charge on any atom is -0.508 e. The lowest BCUT2D eigenvalue weighted by Gasteiger charge is -2.19. The molecule has 0 amide bonds. The Labute approximate surface area is 124 Å². The molecule has 0 aliphatic heterocycles. The van der Waals surface area contributed by atoms with Gasteiger partial charge in [0.15, 0.2) is 0 Å². The van der Waals surface area contributed by atoms with Gasteiger partial charge < -0.3 is 15.2 Å². The highest BCUT2D eigenvalue weighted by molar-refractivity contribution is 6.30. The standard InChI is InChI=1S/C16H18ClNO2/c1-3-20-16-9-8-12(17)10-14(16)18-11(2)13-6-4-5-7-15(13)19/h4-11,18-19H,3H2,1-2H3. The molecule has 1 unspecified atom stereocenters. The maximum atomic E-state index is 9.89. The average molecular weight is 292 g/mol. The van der Waals surface area contributed by atoms with Crippen molar-refractivity contribution >= 4 is 17.3 Å². The summed E-state index contributed by atoms with van der Waals surface area (Å²) in [5, 5.41) is 13.9. The summed E-state index contributed by atoms with van der Waals surface area (Å²) in [5.74, 6) is 1.02. The summed E-state index contributed by atoms with van der Waals surface area (Å²) in [5.41, 5.74) is 1.64. The minimum absolute atomic E-state index is 0.0612. The van der Waals surface area contributed by atoms with E-state index in [2.05, 4.69) is 5.32 Å². The lowest BCUT2D eigenvalue weighted by molar-refractivity contribution is 0.341.